The molecule has 20 heavy (non-hydrogen) atoms. The minimum atomic E-state index is 0. The number of hydrogen-bond donors (Lipinski definition) is 1. The molecule has 0 amide bonds. The van der Waals surface area contributed by atoms with E-state index in [9.17, 15) is 0 Å². The molecule has 118 valence electrons. The second-order valence-corrected chi connectivity index (χ2v) is 3.90. The summed E-state index contributed by atoms with van der Waals surface area (Å²) in [5.74, 6) is 6.10. The molecule has 1 heterocycles. The molecule has 0 aromatic carbocycles. The normalized spacial score (nSPS) is 14.4. The monoisotopic (exact) mass is 288 g/mol. The molecule has 0 bridgehead atoms. The first-order valence-corrected chi connectivity index (χ1v) is 5.84. The highest BCUT2D eigenvalue weighted by Gasteiger charge is 2.09. The second kappa shape index (κ2) is 17.4. The van der Waals surface area contributed by atoms with Crippen molar-refractivity contribution < 1.29 is 21.9 Å². The molecule has 0 saturated carbocycles. The van der Waals surface area contributed by atoms with E-state index in [1.807, 2.05) is 20.0 Å². The van der Waals surface area contributed by atoms with Crippen LogP contribution < -0.4 is 0 Å². The Balaban J connectivity index is -0.000000145. The van der Waals surface area contributed by atoms with Crippen molar-refractivity contribution in [2.45, 2.75) is 39.5 Å². The number of imidazole rings is 1. The van der Waals surface area contributed by atoms with Crippen molar-refractivity contribution >= 4 is 0 Å². The Bertz CT molecular complexity index is 360. The maximum absolute atomic E-state index is 4.01. The molecule has 1 aliphatic carbocycles. The fourth-order valence-electron chi connectivity index (χ4n) is 1.73. The first-order chi connectivity index (χ1) is 7.86. The van der Waals surface area contributed by atoms with Crippen molar-refractivity contribution in [2.75, 3.05) is 0 Å². The molecule has 9 N–H and O–H groups in total. The van der Waals surface area contributed by atoms with Crippen molar-refractivity contribution in [1.29, 1.82) is 0 Å². The SMILES string of the molecule is C1=CC(Cc2cnc[nH]2)CCC1.CC#CC.O.O.O.O. The molecule has 0 radical (unpaired) electrons. The van der Waals surface area contributed by atoms with Crippen molar-refractivity contribution in [3.05, 3.63) is 30.4 Å². The Morgan fingerprint density at radius 2 is 1.85 bits per heavy atom. The smallest absolute Gasteiger partial charge is 0.0921 e. The topological polar surface area (TPSA) is 155 Å². The van der Waals surface area contributed by atoms with Gasteiger partial charge >= 0.3 is 0 Å². The molecule has 0 spiro atoms. The van der Waals surface area contributed by atoms with Crippen LogP contribution in [0.1, 0.15) is 38.8 Å². The van der Waals surface area contributed by atoms with E-state index in [-0.39, 0.29) is 21.9 Å². The van der Waals surface area contributed by atoms with Gasteiger partial charge in [-0.3, -0.25) is 0 Å². The van der Waals surface area contributed by atoms with Crippen LogP contribution >= 0.6 is 0 Å². The first kappa shape index (κ1) is 26.8. The minimum absolute atomic E-state index is 0. The highest BCUT2D eigenvalue weighted by Crippen LogP contribution is 2.19. The quantitative estimate of drug-likeness (QED) is 0.592. The van der Waals surface area contributed by atoms with E-state index in [2.05, 4.69) is 34.0 Å². The van der Waals surface area contributed by atoms with Crippen LogP contribution in [0.5, 0.6) is 0 Å². The van der Waals surface area contributed by atoms with Gasteiger partial charge in [-0.2, -0.15) is 0 Å². The predicted molar refractivity (Wildman–Crippen MR) is 82.4 cm³/mol. The van der Waals surface area contributed by atoms with E-state index in [0.717, 1.165) is 12.3 Å². The number of nitrogens with one attached hydrogen (secondary N) is 1. The molecular weight excluding hydrogens is 260 g/mol. The molecule has 0 saturated heterocycles. The Labute approximate surface area is 120 Å². The van der Waals surface area contributed by atoms with Crippen LogP contribution in [0.2, 0.25) is 0 Å². The maximum Gasteiger partial charge on any atom is 0.0921 e. The number of allylic oxidation sites excluding steroid dienone is 2. The van der Waals surface area contributed by atoms with Crippen LogP contribution in [0.4, 0.5) is 0 Å². The lowest BCUT2D eigenvalue weighted by Gasteiger charge is -2.14. The fourth-order valence-corrected chi connectivity index (χ4v) is 1.73. The largest absolute Gasteiger partial charge is 0.412 e. The van der Waals surface area contributed by atoms with Crippen LogP contribution in [-0.2, 0) is 6.42 Å². The van der Waals surface area contributed by atoms with Gasteiger partial charge in [0.1, 0.15) is 0 Å². The molecule has 6 heteroatoms. The number of hydrogen-bond acceptors (Lipinski definition) is 1. The third kappa shape index (κ3) is 11.4. The molecule has 0 aliphatic heterocycles. The van der Waals surface area contributed by atoms with Gasteiger partial charge in [-0.25, -0.2) is 4.98 Å². The summed E-state index contributed by atoms with van der Waals surface area (Å²) >= 11 is 0. The second-order valence-electron chi connectivity index (χ2n) is 3.90. The number of aromatic nitrogens is 2. The Morgan fingerprint density at radius 3 is 2.25 bits per heavy atom. The minimum Gasteiger partial charge on any atom is -0.412 e. The van der Waals surface area contributed by atoms with Gasteiger partial charge < -0.3 is 26.9 Å². The van der Waals surface area contributed by atoms with Gasteiger partial charge in [0.25, 0.3) is 0 Å². The molecule has 6 nitrogen and oxygen atoms in total. The Kier molecular flexibility index (Phi) is 23.3. The molecule has 1 atom stereocenters. The summed E-state index contributed by atoms with van der Waals surface area (Å²) in [6.07, 6.45) is 13.4. The van der Waals surface area contributed by atoms with E-state index in [4.69, 9.17) is 0 Å². The number of H-pyrrole nitrogens is 1. The number of nitrogens with zero attached hydrogens (tertiary/aromatic N) is 1. The summed E-state index contributed by atoms with van der Waals surface area (Å²) in [6.45, 7) is 3.64. The molecule has 1 aromatic heterocycles. The van der Waals surface area contributed by atoms with Gasteiger partial charge in [0, 0.05) is 11.9 Å². The van der Waals surface area contributed by atoms with E-state index < -0.39 is 0 Å². The average molecular weight is 288 g/mol. The third-order valence-corrected chi connectivity index (χ3v) is 2.64. The standard InChI is InChI=1S/C10H14N2.C4H6.4H2O/c1-2-4-9(5-3-1)6-10-7-11-8-12-10;1-3-4-2;;;;/h2,4,7-9H,1,3,5-6H2,(H,11,12);1-2H3;4*1H2. The van der Waals surface area contributed by atoms with Crippen LogP contribution in [-0.4, -0.2) is 31.9 Å². The van der Waals surface area contributed by atoms with Gasteiger partial charge in [0.2, 0.25) is 0 Å². The van der Waals surface area contributed by atoms with Crippen molar-refractivity contribution in [1.82, 2.24) is 9.97 Å². The van der Waals surface area contributed by atoms with Crippen molar-refractivity contribution in [2.24, 2.45) is 5.92 Å². The zero-order valence-electron chi connectivity index (χ0n) is 12.2. The molecule has 1 aromatic rings. The van der Waals surface area contributed by atoms with E-state index in [1.54, 1.807) is 6.33 Å². The van der Waals surface area contributed by atoms with Gasteiger partial charge in [0.05, 0.1) is 6.33 Å². The summed E-state index contributed by atoms with van der Waals surface area (Å²) in [6, 6.07) is 0. The van der Waals surface area contributed by atoms with Gasteiger partial charge in [0.15, 0.2) is 0 Å². The van der Waals surface area contributed by atoms with Gasteiger partial charge in [-0.05, 0) is 45.4 Å². The first-order valence-electron chi connectivity index (χ1n) is 5.84. The number of aromatic amines is 1. The van der Waals surface area contributed by atoms with Crippen LogP contribution in [0.25, 0.3) is 0 Å². The van der Waals surface area contributed by atoms with E-state index in [1.165, 1.54) is 25.0 Å². The molecule has 1 aliphatic rings. The lowest BCUT2D eigenvalue weighted by Crippen LogP contribution is -2.04. The lowest BCUT2D eigenvalue weighted by molar-refractivity contribution is 0.534. The average Bonchev–Trinajstić information content (AvgIpc) is 2.84. The van der Waals surface area contributed by atoms with Crippen LogP contribution in [0, 0.1) is 17.8 Å². The van der Waals surface area contributed by atoms with Crippen LogP contribution in [0.3, 0.4) is 0 Å². The van der Waals surface area contributed by atoms with E-state index in [0.29, 0.717) is 0 Å². The third-order valence-electron chi connectivity index (χ3n) is 2.64. The summed E-state index contributed by atoms with van der Waals surface area (Å²) in [4.78, 5) is 7.15. The van der Waals surface area contributed by atoms with Crippen molar-refractivity contribution in [3.8, 4) is 11.8 Å². The molecule has 0 fully saturated rings. The molecule has 2 rings (SSSR count). The zero-order valence-corrected chi connectivity index (χ0v) is 12.2. The number of rotatable bonds is 2. The predicted octanol–water partition coefficient (Wildman–Crippen LogP) is 0.0393. The summed E-state index contributed by atoms with van der Waals surface area (Å²) < 4.78 is 0. The highest BCUT2D eigenvalue weighted by molar-refractivity contribution is 5.02. The fraction of sp³-hybridized carbons (Fsp3) is 0.500. The Hall–Kier alpha value is -1.65. The summed E-state index contributed by atoms with van der Waals surface area (Å²) in [5, 5.41) is 0. The molecule has 1 unspecified atom stereocenters. The zero-order chi connectivity index (χ0) is 11.6. The maximum atomic E-state index is 4.01. The summed E-state index contributed by atoms with van der Waals surface area (Å²) in [7, 11) is 0. The Morgan fingerprint density at radius 1 is 1.20 bits per heavy atom. The van der Waals surface area contributed by atoms with Gasteiger partial charge in [-0.15, -0.1) is 11.8 Å². The van der Waals surface area contributed by atoms with Gasteiger partial charge in [-0.1, -0.05) is 12.2 Å². The highest BCUT2D eigenvalue weighted by atomic mass is 16.0. The molecular formula is C14H28N2O4. The summed E-state index contributed by atoms with van der Waals surface area (Å²) in [5.41, 5.74) is 1.26. The van der Waals surface area contributed by atoms with Crippen LogP contribution in [0.15, 0.2) is 24.7 Å². The lowest BCUT2D eigenvalue weighted by atomic mass is 9.92. The van der Waals surface area contributed by atoms with Crippen molar-refractivity contribution in [3.63, 3.8) is 0 Å². The van der Waals surface area contributed by atoms with E-state index >= 15 is 0 Å².